The van der Waals surface area contributed by atoms with Crippen LogP contribution in [0.15, 0.2) is 29.0 Å². The average molecular weight is 343 g/mol. The molecule has 2 aromatic rings. The van der Waals surface area contributed by atoms with Gasteiger partial charge in [-0.2, -0.15) is 0 Å². The van der Waals surface area contributed by atoms with Crippen LogP contribution in [-0.4, -0.2) is 65.5 Å². The van der Waals surface area contributed by atoms with Gasteiger partial charge in [0.1, 0.15) is 11.6 Å². The molecule has 0 N–H and O–H groups in total. The van der Waals surface area contributed by atoms with Gasteiger partial charge in [-0.25, -0.2) is 4.98 Å². The first kappa shape index (κ1) is 16.1. The van der Waals surface area contributed by atoms with Gasteiger partial charge in [0.05, 0.1) is 6.42 Å². The van der Waals surface area contributed by atoms with Gasteiger partial charge in [-0.1, -0.05) is 6.07 Å². The largest absolute Gasteiger partial charge is 0.443 e. The second-order valence-corrected chi connectivity index (χ2v) is 6.54. The average Bonchev–Trinajstić information content (AvgIpc) is 3.32. The molecule has 7 heteroatoms. The number of hydrogen-bond acceptors (Lipinski definition) is 5. The summed E-state index contributed by atoms with van der Waals surface area (Å²) in [6, 6.07) is 5.62. The molecule has 2 fully saturated rings. The number of hydrogen-bond donors (Lipinski definition) is 0. The van der Waals surface area contributed by atoms with E-state index in [1.54, 1.807) is 0 Å². The Morgan fingerprint density at radius 1 is 1.16 bits per heavy atom. The number of carbonyl (C=O) groups excluding carboxylic acids is 2. The van der Waals surface area contributed by atoms with Crippen LogP contribution in [0.2, 0.25) is 0 Å². The summed E-state index contributed by atoms with van der Waals surface area (Å²) < 4.78 is 10.7. The number of ether oxygens (including phenoxy) is 1. The molecule has 0 bridgehead atoms. The summed E-state index contributed by atoms with van der Waals surface area (Å²) in [6.45, 7) is 2.96. The van der Waals surface area contributed by atoms with Crippen molar-refractivity contribution in [3.63, 3.8) is 0 Å². The van der Waals surface area contributed by atoms with E-state index in [0.717, 1.165) is 23.9 Å². The van der Waals surface area contributed by atoms with E-state index in [0.29, 0.717) is 44.8 Å². The maximum atomic E-state index is 12.5. The first-order valence-corrected chi connectivity index (χ1v) is 8.71. The maximum absolute atomic E-state index is 12.5. The number of amides is 2. The van der Waals surface area contributed by atoms with Crippen LogP contribution in [0.25, 0.3) is 11.1 Å². The first-order valence-electron chi connectivity index (χ1n) is 8.71. The van der Waals surface area contributed by atoms with Gasteiger partial charge < -0.3 is 19.0 Å². The Morgan fingerprint density at radius 2 is 1.96 bits per heavy atom. The Kier molecular flexibility index (Phi) is 4.40. The molecule has 2 aliphatic rings. The molecule has 1 unspecified atom stereocenters. The molecule has 25 heavy (non-hydrogen) atoms. The van der Waals surface area contributed by atoms with E-state index >= 15 is 0 Å². The third kappa shape index (κ3) is 3.37. The molecule has 0 spiro atoms. The van der Waals surface area contributed by atoms with Crippen molar-refractivity contribution in [2.75, 3.05) is 32.8 Å². The number of fused-ring (bicyclic) bond motifs is 1. The van der Waals surface area contributed by atoms with Gasteiger partial charge in [0.25, 0.3) is 5.91 Å². The molecule has 132 valence electrons. The van der Waals surface area contributed by atoms with E-state index in [1.165, 1.54) is 6.39 Å². The van der Waals surface area contributed by atoms with Gasteiger partial charge >= 0.3 is 0 Å². The van der Waals surface area contributed by atoms with E-state index in [-0.39, 0.29) is 17.9 Å². The predicted octanol–water partition coefficient (Wildman–Crippen LogP) is 1.22. The van der Waals surface area contributed by atoms with Crippen LogP contribution in [0.3, 0.4) is 0 Å². The van der Waals surface area contributed by atoms with Crippen molar-refractivity contribution in [3.05, 3.63) is 30.2 Å². The molecule has 2 amide bonds. The minimum Gasteiger partial charge on any atom is -0.443 e. The minimum absolute atomic E-state index is 0.0698. The first-order chi connectivity index (χ1) is 12.2. The maximum Gasteiger partial charge on any atom is 0.251 e. The lowest BCUT2D eigenvalue weighted by molar-refractivity contribution is -0.145. The molecule has 2 aliphatic heterocycles. The Balaban J connectivity index is 1.32. The number of benzene rings is 1. The summed E-state index contributed by atoms with van der Waals surface area (Å²) in [4.78, 5) is 32.6. The predicted molar refractivity (Wildman–Crippen MR) is 89.8 cm³/mol. The van der Waals surface area contributed by atoms with Crippen molar-refractivity contribution in [2.45, 2.75) is 25.4 Å². The Hall–Kier alpha value is -2.41. The van der Waals surface area contributed by atoms with Crippen LogP contribution in [0, 0.1) is 0 Å². The summed E-state index contributed by atoms with van der Waals surface area (Å²) in [6.07, 6.45) is 3.21. The highest BCUT2D eigenvalue weighted by molar-refractivity contribution is 5.83. The molecule has 0 radical (unpaired) electrons. The molecular formula is C18H21N3O4. The van der Waals surface area contributed by atoms with Gasteiger partial charge in [0, 0.05) is 32.8 Å². The van der Waals surface area contributed by atoms with Gasteiger partial charge in [-0.3, -0.25) is 9.59 Å². The van der Waals surface area contributed by atoms with Crippen LogP contribution in [-0.2, 0) is 20.7 Å². The van der Waals surface area contributed by atoms with Crippen LogP contribution < -0.4 is 0 Å². The molecule has 1 atom stereocenters. The van der Waals surface area contributed by atoms with E-state index in [2.05, 4.69) is 4.98 Å². The number of piperazine rings is 1. The van der Waals surface area contributed by atoms with E-state index in [4.69, 9.17) is 9.15 Å². The van der Waals surface area contributed by atoms with Crippen molar-refractivity contribution in [1.29, 1.82) is 0 Å². The van der Waals surface area contributed by atoms with Crippen molar-refractivity contribution in [2.24, 2.45) is 0 Å². The molecule has 4 rings (SSSR count). The second-order valence-electron chi connectivity index (χ2n) is 6.54. The number of aromatic nitrogens is 1. The monoisotopic (exact) mass is 343 g/mol. The van der Waals surface area contributed by atoms with Gasteiger partial charge in [0.15, 0.2) is 12.0 Å². The smallest absolute Gasteiger partial charge is 0.251 e. The molecule has 3 heterocycles. The Morgan fingerprint density at radius 3 is 2.72 bits per heavy atom. The fourth-order valence-corrected chi connectivity index (χ4v) is 3.45. The number of oxazole rings is 1. The van der Waals surface area contributed by atoms with Crippen LogP contribution in [0.5, 0.6) is 0 Å². The van der Waals surface area contributed by atoms with Crippen LogP contribution >= 0.6 is 0 Å². The zero-order valence-corrected chi connectivity index (χ0v) is 14.0. The van der Waals surface area contributed by atoms with Crippen molar-refractivity contribution < 1.29 is 18.7 Å². The molecule has 7 nitrogen and oxygen atoms in total. The molecular weight excluding hydrogens is 322 g/mol. The second kappa shape index (κ2) is 6.84. The highest BCUT2D eigenvalue weighted by Crippen LogP contribution is 2.18. The van der Waals surface area contributed by atoms with Crippen LogP contribution in [0.4, 0.5) is 0 Å². The van der Waals surface area contributed by atoms with Crippen LogP contribution in [0.1, 0.15) is 18.4 Å². The summed E-state index contributed by atoms with van der Waals surface area (Å²) in [5, 5.41) is 0. The number of nitrogens with zero attached hydrogens (tertiary/aromatic N) is 3. The van der Waals surface area contributed by atoms with Gasteiger partial charge in [-0.05, 0) is 30.5 Å². The molecule has 1 aromatic carbocycles. The highest BCUT2D eigenvalue weighted by atomic mass is 16.5. The standard InChI is InChI=1S/C18H21N3O4/c22-17(11-13-3-4-14-16(10-13)25-12-19-14)20-5-7-21(8-6-20)18(23)15-2-1-9-24-15/h3-4,10,12,15H,1-2,5-9,11H2. The topological polar surface area (TPSA) is 75.9 Å². The summed E-state index contributed by atoms with van der Waals surface area (Å²) in [5.41, 5.74) is 2.39. The number of rotatable bonds is 3. The molecule has 1 aromatic heterocycles. The third-order valence-electron chi connectivity index (χ3n) is 4.90. The lowest BCUT2D eigenvalue weighted by Gasteiger charge is -2.35. The van der Waals surface area contributed by atoms with E-state index in [1.807, 2.05) is 28.0 Å². The third-order valence-corrected chi connectivity index (χ3v) is 4.90. The lowest BCUT2D eigenvalue weighted by Crippen LogP contribution is -2.53. The van der Waals surface area contributed by atoms with Crippen molar-refractivity contribution in [1.82, 2.24) is 14.8 Å². The van der Waals surface area contributed by atoms with E-state index in [9.17, 15) is 9.59 Å². The fourth-order valence-electron chi connectivity index (χ4n) is 3.45. The zero-order valence-electron chi connectivity index (χ0n) is 14.0. The minimum atomic E-state index is -0.282. The summed E-state index contributed by atoms with van der Waals surface area (Å²) in [7, 11) is 0. The zero-order chi connectivity index (χ0) is 17.2. The molecule has 2 saturated heterocycles. The van der Waals surface area contributed by atoms with E-state index < -0.39 is 0 Å². The summed E-state index contributed by atoms with van der Waals surface area (Å²) >= 11 is 0. The van der Waals surface area contributed by atoms with Gasteiger partial charge in [-0.15, -0.1) is 0 Å². The molecule has 0 saturated carbocycles. The number of carbonyl (C=O) groups is 2. The normalized spacial score (nSPS) is 21.0. The highest BCUT2D eigenvalue weighted by Gasteiger charge is 2.31. The van der Waals surface area contributed by atoms with Gasteiger partial charge in [0.2, 0.25) is 5.91 Å². The Bertz CT molecular complexity index is 773. The Labute approximate surface area is 145 Å². The van der Waals surface area contributed by atoms with Crippen molar-refractivity contribution >= 4 is 22.9 Å². The molecule has 0 aliphatic carbocycles. The lowest BCUT2D eigenvalue weighted by atomic mass is 10.1. The quantitative estimate of drug-likeness (QED) is 0.838. The fraction of sp³-hybridized carbons (Fsp3) is 0.500. The SMILES string of the molecule is O=C(Cc1ccc2ncoc2c1)N1CCN(C(=O)C2CCCO2)CC1. The summed E-state index contributed by atoms with van der Waals surface area (Å²) in [5.74, 6) is 0.142. The van der Waals surface area contributed by atoms with Crippen molar-refractivity contribution in [3.8, 4) is 0 Å².